The molecule has 0 spiro atoms. The van der Waals surface area contributed by atoms with E-state index in [9.17, 15) is 9.59 Å². The first kappa shape index (κ1) is 19.2. The van der Waals surface area contributed by atoms with E-state index in [-0.39, 0.29) is 24.2 Å². The molecule has 4 rings (SSSR count). The minimum atomic E-state index is 0. The molecule has 6 heteroatoms. The van der Waals surface area contributed by atoms with E-state index in [2.05, 4.69) is 10.6 Å². The molecule has 3 heterocycles. The maximum Gasteiger partial charge on any atom is 0.227 e. The Kier molecular flexibility index (Phi) is 6.20. The second-order valence-electron chi connectivity index (χ2n) is 7.77. The van der Waals surface area contributed by atoms with Crippen molar-refractivity contribution >= 4 is 29.9 Å². The van der Waals surface area contributed by atoms with Gasteiger partial charge in [-0.2, -0.15) is 0 Å². The van der Waals surface area contributed by atoms with Crippen molar-refractivity contribution in [2.75, 3.05) is 11.4 Å². The number of anilines is 1. The monoisotopic (exact) mass is 377 g/mol. The van der Waals surface area contributed by atoms with Gasteiger partial charge in [-0.05, 0) is 55.7 Å². The first-order valence-corrected chi connectivity index (χ1v) is 9.59. The number of fused-ring (bicyclic) bond motifs is 2. The lowest BCUT2D eigenvalue weighted by Gasteiger charge is -2.28. The molecule has 3 saturated heterocycles. The standard InChI is InChI=1S/C20H27N3O2.ClH/c24-19(12-15-9-16-6-7-17(10-15)22-16)21-13-14-3-1-4-18(11-14)23-8-2-5-20(23)25;/h1,3-4,11,15-17,22H,2,5-10,12-13H2,(H,21,24);1H. The van der Waals surface area contributed by atoms with Crippen LogP contribution in [0, 0.1) is 5.92 Å². The molecule has 0 radical (unpaired) electrons. The number of benzene rings is 1. The molecule has 0 saturated carbocycles. The highest BCUT2D eigenvalue weighted by atomic mass is 35.5. The molecule has 2 atom stereocenters. The van der Waals surface area contributed by atoms with Gasteiger partial charge in [0, 0.05) is 43.7 Å². The van der Waals surface area contributed by atoms with E-state index in [0.717, 1.165) is 37.1 Å². The van der Waals surface area contributed by atoms with Gasteiger partial charge in [0.05, 0.1) is 0 Å². The summed E-state index contributed by atoms with van der Waals surface area (Å²) in [4.78, 5) is 26.0. The first-order chi connectivity index (χ1) is 12.2. The summed E-state index contributed by atoms with van der Waals surface area (Å²) in [6, 6.07) is 9.23. The summed E-state index contributed by atoms with van der Waals surface area (Å²) < 4.78 is 0. The van der Waals surface area contributed by atoms with Crippen molar-refractivity contribution in [3.8, 4) is 0 Å². The van der Waals surface area contributed by atoms with Gasteiger partial charge in [-0.1, -0.05) is 12.1 Å². The number of carbonyl (C=O) groups is 2. The highest BCUT2D eigenvalue weighted by molar-refractivity contribution is 5.95. The number of hydrogen-bond donors (Lipinski definition) is 2. The van der Waals surface area contributed by atoms with E-state index in [0.29, 0.717) is 37.4 Å². The normalized spacial score (nSPS) is 27.3. The van der Waals surface area contributed by atoms with Crippen LogP contribution in [0.15, 0.2) is 24.3 Å². The summed E-state index contributed by atoms with van der Waals surface area (Å²) in [6.45, 7) is 1.33. The number of nitrogens with one attached hydrogen (secondary N) is 2. The molecule has 2 N–H and O–H groups in total. The Hall–Kier alpha value is -1.59. The van der Waals surface area contributed by atoms with Gasteiger partial charge in [-0.25, -0.2) is 0 Å². The zero-order chi connectivity index (χ0) is 17.2. The minimum absolute atomic E-state index is 0. The van der Waals surface area contributed by atoms with Crippen molar-refractivity contribution < 1.29 is 9.59 Å². The fourth-order valence-corrected chi connectivity index (χ4v) is 4.63. The van der Waals surface area contributed by atoms with Crippen LogP contribution in [0.25, 0.3) is 0 Å². The van der Waals surface area contributed by atoms with Crippen LogP contribution in [-0.2, 0) is 16.1 Å². The molecule has 0 aromatic heterocycles. The summed E-state index contributed by atoms with van der Waals surface area (Å²) in [5, 5.41) is 6.69. The van der Waals surface area contributed by atoms with Gasteiger partial charge in [0.15, 0.2) is 0 Å². The van der Waals surface area contributed by atoms with E-state index in [1.165, 1.54) is 12.8 Å². The number of piperidine rings is 1. The molecular formula is C20H28ClN3O2. The molecule has 142 valence electrons. The molecule has 1 aromatic carbocycles. The van der Waals surface area contributed by atoms with Crippen molar-refractivity contribution in [2.24, 2.45) is 5.92 Å². The maximum absolute atomic E-state index is 12.3. The van der Waals surface area contributed by atoms with Crippen LogP contribution in [-0.4, -0.2) is 30.4 Å². The summed E-state index contributed by atoms with van der Waals surface area (Å²) in [7, 11) is 0. The van der Waals surface area contributed by atoms with E-state index < -0.39 is 0 Å². The van der Waals surface area contributed by atoms with Crippen molar-refractivity contribution in [2.45, 2.75) is 63.6 Å². The van der Waals surface area contributed by atoms with Crippen LogP contribution in [0.5, 0.6) is 0 Å². The molecular weight excluding hydrogens is 350 g/mol. The average Bonchev–Trinajstić information content (AvgIpc) is 3.18. The summed E-state index contributed by atoms with van der Waals surface area (Å²) in [5.74, 6) is 0.864. The van der Waals surface area contributed by atoms with E-state index in [1.54, 1.807) is 0 Å². The molecule has 26 heavy (non-hydrogen) atoms. The third-order valence-corrected chi connectivity index (χ3v) is 5.83. The third kappa shape index (κ3) is 4.38. The van der Waals surface area contributed by atoms with E-state index in [4.69, 9.17) is 0 Å². The predicted octanol–water partition coefficient (Wildman–Crippen LogP) is 2.77. The van der Waals surface area contributed by atoms with Gasteiger partial charge in [0.25, 0.3) is 0 Å². The van der Waals surface area contributed by atoms with Crippen molar-refractivity contribution in [1.29, 1.82) is 0 Å². The predicted molar refractivity (Wildman–Crippen MR) is 104 cm³/mol. The Balaban J connectivity index is 0.00000196. The zero-order valence-corrected chi connectivity index (χ0v) is 15.9. The molecule has 2 amide bonds. The van der Waals surface area contributed by atoms with Crippen LogP contribution in [0.2, 0.25) is 0 Å². The number of carbonyl (C=O) groups excluding carboxylic acids is 2. The van der Waals surface area contributed by atoms with Gasteiger partial charge in [-0.15, -0.1) is 12.4 Å². The summed E-state index contributed by atoms with van der Waals surface area (Å²) >= 11 is 0. The molecule has 5 nitrogen and oxygen atoms in total. The van der Waals surface area contributed by atoms with Crippen LogP contribution >= 0.6 is 12.4 Å². The van der Waals surface area contributed by atoms with Crippen LogP contribution in [0.3, 0.4) is 0 Å². The van der Waals surface area contributed by atoms with Crippen LogP contribution in [0.4, 0.5) is 5.69 Å². The Labute approximate surface area is 161 Å². The number of hydrogen-bond acceptors (Lipinski definition) is 3. The lowest BCUT2D eigenvalue weighted by atomic mass is 9.89. The highest BCUT2D eigenvalue weighted by Gasteiger charge is 2.34. The van der Waals surface area contributed by atoms with Gasteiger partial charge in [0.1, 0.15) is 0 Å². The second kappa shape index (κ2) is 8.40. The second-order valence-corrected chi connectivity index (χ2v) is 7.77. The Morgan fingerprint density at radius 1 is 1.23 bits per heavy atom. The molecule has 3 aliphatic heterocycles. The van der Waals surface area contributed by atoms with E-state index >= 15 is 0 Å². The quantitative estimate of drug-likeness (QED) is 0.829. The fraction of sp³-hybridized carbons (Fsp3) is 0.600. The topological polar surface area (TPSA) is 61.4 Å². The summed E-state index contributed by atoms with van der Waals surface area (Å²) in [6.07, 6.45) is 7.01. The lowest BCUT2D eigenvalue weighted by molar-refractivity contribution is -0.122. The van der Waals surface area contributed by atoms with Crippen LogP contribution in [0.1, 0.15) is 50.5 Å². The lowest BCUT2D eigenvalue weighted by Crippen LogP contribution is -2.39. The largest absolute Gasteiger partial charge is 0.352 e. The fourth-order valence-electron chi connectivity index (χ4n) is 4.63. The minimum Gasteiger partial charge on any atom is -0.352 e. The Morgan fingerprint density at radius 3 is 2.69 bits per heavy atom. The van der Waals surface area contributed by atoms with Gasteiger partial charge >= 0.3 is 0 Å². The molecule has 3 aliphatic rings. The van der Waals surface area contributed by atoms with Crippen molar-refractivity contribution in [1.82, 2.24) is 10.6 Å². The number of nitrogens with zero attached hydrogens (tertiary/aromatic N) is 1. The Bertz CT molecular complexity index is 654. The van der Waals surface area contributed by atoms with Crippen molar-refractivity contribution in [3.63, 3.8) is 0 Å². The average molecular weight is 378 g/mol. The van der Waals surface area contributed by atoms with E-state index in [1.807, 2.05) is 29.2 Å². The van der Waals surface area contributed by atoms with Gasteiger partial charge in [-0.3, -0.25) is 9.59 Å². The van der Waals surface area contributed by atoms with Gasteiger partial charge in [0.2, 0.25) is 11.8 Å². The summed E-state index contributed by atoms with van der Waals surface area (Å²) in [5.41, 5.74) is 2.00. The third-order valence-electron chi connectivity index (χ3n) is 5.83. The number of rotatable bonds is 5. The molecule has 2 bridgehead atoms. The number of halogens is 1. The van der Waals surface area contributed by atoms with Crippen molar-refractivity contribution in [3.05, 3.63) is 29.8 Å². The molecule has 0 aliphatic carbocycles. The highest BCUT2D eigenvalue weighted by Crippen LogP contribution is 2.32. The molecule has 2 unspecified atom stereocenters. The molecule has 1 aromatic rings. The number of amides is 2. The smallest absolute Gasteiger partial charge is 0.227 e. The SMILES string of the molecule is Cl.O=C(CC1CC2CCC(C1)N2)NCc1cccc(N2CCCC2=O)c1. The van der Waals surface area contributed by atoms with Gasteiger partial charge < -0.3 is 15.5 Å². The maximum atomic E-state index is 12.3. The Morgan fingerprint density at radius 2 is 2.00 bits per heavy atom. The molecule has 3 fully saturated rings. The van der Waals surface area contributed by atoms with Crippen LogP contribution < -0.4 is 15.5 Å². The first-order valence-electron chi connectivity index (χ1n) is 9.59. The zero-order valence-electron chi connectivity index (χ0n) is 15.1.